The predicted octanol–water partition coefficient (Wildman–Crippen LogP) is 2.72. The number of hydrogen-bond donors (Lipinski definition) is 2. The molecule has 1 aliphatic heterocycles. The van der Waals surface area contributed by atoms with Gasteiger partial charge in [0.2, 0.25) is 10.0 Å². The van der Waals surface area contributed by atoms with Gasteiger partial charge in [-0.25, -0.2) is 13.1 Å². The first-order valence-electron chi connectivity index (χ1n) is 7.84. The summed E-state index contributed by atoms with van der Waals surface area (Å²) in [6.07, 6.45) is 0. The van der Waals surface area contributed by atoms with Gasteiger partial charge in [-0.3, -0.25) is 10.1 Å². The molecule has 0 aromatic heterocycles. The summed E-state index contributed by atoms with van der Waals surface area (Å²) < 4.78 is 27.7. The Morgan fingerprint density at radius 2 is 1.81 bits per heavy atom. The van der Waals surface area contributed by atoms with Gasteiger partial charge in [-0.15, -0.1) is 12.4 Å². The molecule has 0 fully saturated rings. The van der Waals surface area contributed by atoms with Gasteiger partial charge in [0.15, 0.2) is 0 Å². The summed E-state index contributed by atoms with van der Waals surface area (Å²) in [5.41, 5.74) is 3.96. The van der Waals surface area contributed by atoms with Gasteiger partial charge in [-0.1, -0.05) is 18.2 Å². The van der Waals surface area contributed by atoms with E-state index in [0.29, 0.717) is 11.1 Å². The highest BCUT2D eigenvalue weighted by Crippen LogP contribution is 2.26. The minimum atomic E-state index is -3.85. The van der Waals surface area contributed by atoms with Gasteiger partial charge in [-0.2, -0.15) is 0 Å². The van der Waals surface area contributed by atoms with E-state index < -0.39 is 14.9 Å². The molecule has 0 aliphatic carbocycles. The van der Waals surface area contributed by atoms with E-state index in [1.165, 1.54) is 17.2 Å². The predicted molar refractivity (Wildman–Crippen MR) is 101 cm³/mol. The summed E-state index contributed by atoms with van der Waals surface area (Å²) in [7, 11) is -3.85. The van der Waals surface area contributed by atoms with Crippen molar-refractivity contribution >= 4 is 28.1 Å². The molecule has 0 unspecified atom stereocenters. The maximum Gasteiger partial charge on any atom is 0.273 e. The lowest BCUT2D eigenvalue weighted by atomic mass is 10.1. The van der Waals surface area contributed by atoms with E-state index in [1.54, 1.807) is 13.8 Å². The number of benzene rings is 2. The van der Waals surface area contributed by atoms with Crippen molar-refractivity contribution in [3.8, 4) is 0 Å². The normalized spacial score (nSPS) is 13.2. The first kappa shape index (κ1) is 20.3. The average molecular weight is 398 g/mol. The van der Waals surface area contributed by atoms with Crippen molar-refractivity contribution in [1.29, 1.82) is 0 Å². The summed E-state index contributed by atoms with van der Waals surface area (Å²) in [5, 5.41) is 14.3. The minimum Gasteiger partial charge on any atom is -0.309 e. The van der Waals surface area contributed by atoms with Crippen LogP contribution >= 0.6 is 12.4 Å². The molecule has 9 heteroatoms. The number of sulfonamides is 1. The third-order valence-corrected chi connectivity index (χ3v) is 5.89. The molecule has 0 amide bonds. The Balaban J connectivity index is 0.00000243. The second kappa shape index (κ2) is 7.71. The molecule has 2 aromatic carbocycles. The summed E-state index contributed by atoms with van der Waals surface area (Å²) in [4.78, 5) is 10.5. The van der Waals surface area contributed by atoms with Crippen molar-refractivity contribution < 1.29 is 13.3 Å². The number of aryl methyl sites for hydroxylation is 2. The molecule has 7 nitrogen and oxygen atoms in total. The fraction of sp³-hybridized carbons (Fsp3) is 0.294. The van der Waals surface area contributed by atoms with E-state index in [4.69, 9.17) is 0 Å². The number of nitrogens with zero attached hydrogens (tertiary/aromatic N) is 1. The maximum atomic E-state index is 12.6. The highest BCUT2D eigenvalue weighted by Gasteiger charge is 2.22. The van der Waals surface area contributed by atoms with Crippen LogP contribution in [0, 0.1) is 24.0 Å². The summed E-state index contributed by atoms with van der Waals surface area (Å²) in [6.45, 7) is 4.96. The SMILES string of the molecule is Cc1cc(C)c(S(=O)(=O)NCc2ccc3c(c2)CNC3)cc1[N+](=O)[O-].Cl. The van der Waals surface area contributed by atoms with Gasteiger partial charge >= 0.3 is 0 Å². The van der Waals surface area contributed by atoms with Crippen molar-refractivity contribution in [3.63, 3.8) is 0 Å². The standard InChI is InChI=1S/C17H19N3O4S.ClH/c1-11-5-12(2)17(7-16(11)20(21)22)25(23,24)19-8-13-3-4-14-9-18-10-15(14)6-13;/h3-7,18-19H,8-10H2,1-2H3;1H. The van der Waals surface area contributed by atoms with Crippen molar-refractivity contribution in [1.82, 2.24) is 10.0 Å². The molecule has 3 rings (SSSR count). The first-order valence-corrected chi connectivity index (χ1v) is 9.33. The van der Waals surface area contributed by atoms with E-state index in [-0.39, 0.29) is 29.5 Å². The lowest BCUT2D eigenvalue weighted by Gasteiger charge is -2.11. The second-order valence-electron chi connectivity index (χ2n) is 6.19. The minimum absolute atomic E-state index is 0. The molecule has 140 valence electrons. The van der Waals surface area contributed by atoms with Crippen LogP contribution in [0.15, 0.2) is 35.2 Å². The van der Waals surface area contributed by atoms with Crippen molar-refractivity contribution in [2.75, 3.05) is 0 Å². The van der Waals surface area contributed by atoms with Crippen molar-refractivity contribution in [2.24, 2.45) is 0 Å². The van der Waals surface area contributed by atoms with Crippen LogP contribution in [0.3, 0.4) is 0 Å². The molecule has 0 saturated heterocycles. The third-order valence-electron chi connectivity index (χ3n) is 4.35. The Morgan fingerprint density at radius 1 is 1.12 bits per heavy atom. The zero-order chi connectivity index (χ0) is 18.2. The number of nitrogens with one attached hydrogen (secondary N) is 2. The number of hydrogen-bond acceptors (Lipinski definition) is 5. The van der Waals surface area contributed by atoms with Crippen LogP contribution in [-0.4, -0.2) is 13.3 Å². The fourth-order valence-electron chi connectivity index (χ4n) is 3.02. The highest BCUT2D eigenvalue weighted by atomic mass is 35.5. The molecule has 1 aliphatic rings. The fourth-order valence-corrected chi connectivity index (χ4v) is 4.28. The van der Waals surface area contributed by atoms with Crippen molar-refractivity contribution in [3.05, 3.63) is 68.3 Å². The van der Waals surface area contributed by atoms with Crippen LogP contribution in [-0.2, 0) is 29.7 Å². The molecule has 2 N–H and O–H groups in total. The zero-order valence-electron chi connectivity index (χ0n) is 14.4. The Morgan fingerprint density at radius 3 is 2.50 bits per heavy atom. The summed E-state index contributed by atoms with van der Waals surface area (Å²) in [6, 6.07) is 8.50. The Hall–Kier alpha value is -2.00. The van der Waals surface area contributed by atoms with Crippen LogP contribution in [0.2, 0.25) is 0 Å². The number of fused-ring (bicyclic) bond motifs is 1. The number of rotatable bonds is 5. The van der Waals surface area contributed by atoms with Crippen LogP contribution in [0.4, 0.5) is 5.69 Å². The molecule has 0 atom stereocenters. The van der Waals surface area contributed by atoms with Crippen LogP contribution in [0.25, 0.3) is 0 Å². The van der Waals surface area contributed by atoms with Crippen LogP contribution in [0.5, 0.6) is 0 Å². The molecule has 1 heterocycles. The first-order chi connectivity index (χ1) is 11.8. The largest absolute Gasteiger partial charge is 0.309 e. The van der Waals surface area contributed by atoms with Crippen LogP contribution in [0.1, 0.15) is 27.8 Å². The maximum absolute atomic E-state index is 12.6. The van der Waals surface area contributed by atoms with Gasteiger partial charge in [-0.05, 0) is 42.2 Å². The Kier molecular flexibility index (Phi) is 6.02. The van der Waals surface area contributed by atoms with E-state index in [9.17, 15) is 18.5 Å². The van der Waals surface area contributed by atoms with E-state index in [1.807, 2.05) is 18.2 Å². The lowest BCUT2D eigenvalue weighted by Crippen LogP contribution is -2.24. The summed E-state index contributed by atoms with van der Waals surface area (Å²) >= 11 is 0. The third kappa shape index (κ3) is 4.04. The van der Waals surface area contributed by atoms with Gasteiger partial charge in [0, 0.05) is 31.3 Å². The van der Waals surface area contributed by atoms with Gasteiger partial charge in [0.25, 0.3) is 5.69 Å². The molecule has 0 bridgehead atoms. The molecule has 0 radical (unpaired) electrons. The van der Waals surface area contributed by atoms with Gasteiger partial charge in [0.05, 0.1) is 9.82 Å². The number of nitro benzene ring substituents is 1. The molecule has 0 saturated carbocycles. The number of nitro groups is 1. The number of halogens is 1. The lowest BCUT2D eigenvalue weighted by molar-refractivity contribution is -0.385. The van der Waals surface area contributed by atoms with E-state index in [2.05, 4.69) is 10.0 Å². The molecular formula is C17H20ClN3O4S. The Labute approximate surface area is 158 Å². The molecule has 26 heavy (non-hydrogen) atoms. The quantitative estimate of drug-likeness (QED) is 0.596. The van der Waals surface area contributed by atoms with Gasteiger partial charge in [0.1, 0.15) is 0 Å². The summed E-state index contributed by atoms with van der Waals surface area (Å²) in [5.74, 6) is 0. The second-order valence-corrected chi connectivity index (χ2v) is 7.93. The van der Waals surface area contributed by atoms with E-state index >= 15 is 0 Å². The smallest absolute Gasteiger partial charge is 0.273 e. The van der Waals surface area contributed by atoms with E-state index in [0.717, 1.165) is 24.7 Å². The molecule has 2 aromatic rings. The topological polar surface area (TPSA) is 101 Å². The van der Waals surface area contributed by atoms with Crippen molar-refractivity contribution in [2.45, 2.75) is 38.4 Å². The Bertz CT molecular complexity index is 961. The highest BCUT2D eigenvalue weighted by molar-refractivity contribution is 7.89. The molecule has 0 spiro atoms. The average Bonchev–Trinajstić information content (AvgIpc) is 3.00. The zero-order valence-corrected chi connectivity index (χ0v) is 16.0. The van der Waals surface area contributed by atoms with Gasteiger partial charge < -0.3 is 5.32 Å². The van der Waals surface area contributed by atoms with Crippen LogP contribution < -0.4 is 10.0 Å². The molecular weight excluding hydrogens is 378 g/mol. The monoisotopic (exact) mass is 397 g/mol.